The average Bonchev–Trinajstić information content (AvgIpc) is 2.97. The van der Waals surface area contributed by atoms with E-state index >= 15 is 0 Å². The SMILES string of the molecule is CC1CCN(C(=O)c2cc(CN3CCOCC3)on2)CC1. The van der Waals surface area contributed by atoms with E-state index < -0.39 is 0 Å². The molecule has 2 saturated heterocycles. The van der Waals surface area contributed by atoms with Crippen LogP contribution in [0.5, 0.6) is 0 Å². The first kappa shape index (κ1) is 14.5. The van der Waals surface area contributed by atoms with Crippen molar-refractivity contribution in [3.05, 3.63) is 17.5 Å². The molecule has 6 heteroatoms. The Hall–Kier alpha value is -1.40. The standard InChI is InChI=1S/C15H23N3O3/c1-12-2-4-18(5-3-12)15(19)14-10-13(21-16-14)11-17-6-8-20-9-7-17/h10,12H,2-9,11H2,1H3. The molecule has 0 aliphatic carbocycles. The van der Waals surface area contributed by atoms with Gasteiger partial charge in [-0.1, -0.05) is 12.1 Å². The molecule has 6 nitrogen and oxygen atoms in total. The van der Waals surface area contributed by atoms with E-state index in [0.29, 0.717) is 18.2 Å². The average molecular weight is 293 g/mol. The van der Waals surface area contributed by atoms with Crippen molar-refractivity contribution < 1.29 is 14.1 Å². The van der Waals surface area contributed by atoms with Gasteiger partial charge in [-0.15, -0.1) is 0 Å². The smallest absolute Gasteiger partial charge is 0.276 e. The molecule has 0 aromatic carbocycles. The number of ether oxygens (including phenoxy) is 1. The Morgan fingerprint density at radius 1 is 1.29 bits per heavy atom. The second-order valence-corrected chi connectivity index (χ2v) is 6.04. The summed E-state index contributed by atoms with van der Waals surface area (Å²) >= 11 is 0. The summed E-state index contributed by atoms with van der Waals surface area (Å²) in [4.78, 5) is 16.5. The van der Waals surface area contributed by atoms with Gasteiger partial charge in [-0.2, -0.15) is 0 Å². The molecule has 0 atom stereocenters. The lowest BCUT2D eigenvalue weighted by Crippen LogP contribution is -2.38. The summed E-state index contributed by atoms with van der Waals surface area (Å²) in [6.45, 7) is 7.89. The fraction of sp³-hybridized carbons (Fsp3) is 0.733. The normalized spacial score (nSPS) is 21.7. The summed E-state index contributed by atoms with van der Waals surface area (Å²) < 4.78 is 10.6. The Morgan fingerprint density at radius 3 is 2.71 bits per heavy atom. The van der Waals surface area contributed by atoms with E-state index in [1.54, 1.807) is 6.07 Å². The number of hydrogen-bond acceptors (Lipinski definition) is 5. The van der Waals surface area contributed by atoms with Gasteiger partial charge in [0.05, 0.1) is 19.8 Å². The summed E-state index contributed by atoms with van der Waals surface area (Å²) in [5.41, 5.74) is 0.438. The zero-order valence-corrected chi connectivity index (χ0v) is 12.6. The third-order valence-corrected chi connectivity index (χ3v) is 4.33. The van der Waals surface area contributed by atoms with Crippen molar-refractivity contribution in [2.75, 3.05) is 39.4 Å². The van der Waals surface area contributed by atoms with Crippen LogP contribution in [-0.4, -0.2) is 60.3 Å². The molecule has 1 aromatic rings. The third kappa shape index (κ3) is 3.63. The number of rotatable bonds is 3. The van der Waals surface area contributed by atoms with E-state index in [1.165, 1.54) is 0 Å². The monoisotopic (exact) mass is 293 g/mol. The lowest BCUT2D eigenvalue weighted by molar-refractivity contribution is 0.0305. The Bertz CT molecular complexity index is 474. The van der Waals surface area contributed by atoms with Crippen molar-refractivity contribution in [1.82, 2.24) is 15.0 Å². The van der Waals surface area contributed by atoms with Crippen molar-refractivity contribution in [3.63, 3.8) is 0 Å². The van der Waals surface area contributed by atoms with Crippen molar-refractivity contribution in [2.45, 2.75) is 26.3 Å². The maximum Gasteiger partial charge on any atom is 0.276 e. The highest BCUT2D eigenvalue weighted by molar-refractivity contribution is 5.92. The molecule has 0 saturated carbocycles. The van der Waals surface area contributed by atoms with Gasteiger partial charge in [0.2, 0.25) is 0 Å². The molecule has 0 N–H and O–H groups in total. The molecule has 116 valence electrons. The highest BCUT2D eigenvalue weighted by Gasteiger charge is 2.24. The molecule has 1 aromatic heterocycles. The van der Waals surface area contributed by atoms with Gasteiger partial charge < -0.3 is 14.2 Å². The number of nitrogens with zero attached hydrogens (tertiary/aromatic N) is 3. The molecule has 21 heavy (non-hydrogen) atoms. The van der Waals surface area contributed by atoms with Crippen LogP contribution in [0.4, 0.5) is 0 Å². The molecule has 0 spiro atoms. The third-order valence-electron chi connectivity index (χ3n) is 4.33. The predicted molar refractivity (Wildman–Crippen MR) is 76.9 cm³/mol. The lowest BCUT2D eigenvalue weighted by atomic mass is 9.99. The number of aromatic nitrogens is 1. The Kier molecular flexibility index (Phi) is 4.55. The molecule has 1 amide bonds. The van der Waals surface area contributed by atoms with Crippen molar-refractivity contribution in [3.8, 4) is 0 Å². The maximum atomic E-state index is 12.4. The van der Waals surface area contributed by atoms with Crippen LogP contribution in [-0.2, 0) is 11.3 Å². The maximum absolute atomic E-state index is 12.4. The molecule has 2 aliphatic heterocycles. The second-order valence-electron chi connectivity index (χ2n) is 6.04. The highest BCUT2D eigenvalue weighted by atomic mass is 16.5. The highest BCUT2D eigenvalue weighted by Crippen LogP contribution is 2.18. The van der Waals surface area contributed by atoms with Gasteiger partial charge in [0.15, 0.2) is 11.5 Å². The first-order chi connectivity index (χ1) is 10.2. The van der Waals surface area contributed by atoms with Crippen LogP contribution >= 0.6 is 0 Å². The fourth-order valence-electron chi connectivity index (χ4n) is 2.84. The summed E-state index contributed by atoms with van der Waals surface area (Å²) in [5, 5.41) is 3.95. The minimum Gasteiger partial charge on any atom is -0.379 e. The van der Waals surface area contributed by atoms with Crippen LogP contribution in [0.15, 0.2) is 10.6 Å². The van der Waals surface area contributed by atoms with Crippen LogP contribution in [0.25, 0.3) is 0 Å². The van der Waals surface area contributed by atoms with Crippen LogP contribution in [0.1, 0.15) is 36.0 Å². The molecule has 2 aliphatic rings. The summed E-state index contributed by atoms with van der Waals surface area (Å²) in [6.07, 6.45) is 2.15. The van der Waals surface area contributed by atoms with Crippen LogP contribution in [0.3, 0.4) is 0 Å². The molecular weight excluding hydrogens is 270 g/mol. The number of piperidine rings is 1. The van der Waals surface area contributed by atoms with Gasteiger partial charge in [-0.3, -0.25) is 9.69 Å². The van der Waals surface area contributed by atoms with Crippen molar-refractivity contribution in [2.24, 2.45) is 5.92 Å². The van der Waals surface area contributed by atoms with Crippen LogP contribution in [0.2, 0.25) is 0 Å². The first-order valence-electron chi connectivity index (χ1n) is 7.77. The Labute approximate surface area is 125 Å². The molecule has 0 radical (unpaired) electrons. The number of amides is 1. The number of morpholine rings is 1. The molecule has 2 fully saturated rings. The summed E-state index contributed by atoms with van der Waals surface area (Å²) in [5.74, 6) is 1.47. The van der Waals surface area contributed by atoms with Gasteiger partial charge in [0, 0.05) is 32.2 Å². The van der Waals surface area contributed by atoms with Gasteiger partial charge in [0.1, 0.15) is 0 Å². The molecule has 0 unspecified atom stereocenters. The minimum atomic E-state index is -0.00104. The fourth-order valence-corrected chi connectivity index (χ4v) is 2.84. The van der Waals surface area contributed by atoms with E-state index in [9.17, 15) is 4.79 Å². The van der Waals surface area contributed by atoms with E-state index in [2.05, 4.69) is 17.0 Å². The first-order valence-corrected chi connectivity index (χ1v) is 7.77. The van der Waals surface area contributed by atoms with Crippen LogP contribution in [0, 0.1) is 5.92 Å². The largest absolute Gasteiger partial charge is 0.379 e. The van der Waals surface area contributed by atoms with Crippen molar-refractivity contribution in [1.29, 1.82) is 0 Å². The molecule has 0 bridgehead atoms. The van der Waals surface area contributed by atoms with E-state index in [0.717, 1.165) is 58.0 Å². The quantitative estimate of drug-likeness (QED) is 0.842. The number of carbonyl (C=O) groups is 1. The lowest BCUT2D eigenvalue weighted by Gasteiger charge is -2.29. The molecule has 3 rings (SSSR count). The van der Waals surface area contributed by atoms with Crippen molar-refractivity contribution >= 4 is 5.91 Å². The Morgan fingerprint density at radius 2 is 2.00 bits per heavy atom. The van der Waals surface area contributed by atoms with Gasteiger partial charge in [-0.25, -0.2) is 0 Å². The number of hydrogen-bond donors (Lipinski definition) is 0. The summed E-state index contributed by atoms with van der Waals surface area (Å²) in [6, 6.07) is 1.79. The number of likely N-dealkylation sites (tertiary alicyclic amines) is 1. The zero-order chi connectivity index (χ0) is 14.7. The predicted octanol–water partition coefficient (Wildman–Crippen LogP) is 1.38. The Balaban J connectivity index is 1.57. The number of carbonyl (C=O) groups excluding carboxylic acids is 1. The van der Waals surface area contributed by atoms with E-state index in [-0.39, 0.29) is 5.91 Å². The van der Waals surface area contributed by atoms with E-state index in [4.69, 9.17) is 9.26 Å². The van der Waals surface area contributed by atoms with Crippen LogP contribution < -0.4 is 0 Å². The second kappa shape index (κ2) is 6.58. The molecular formula is C15H23N3O3. The zero-order valence-electron chi connectivity index (χ0n) is 12.6. The summed E-state index contributed by atoms with van der Waals surface area (Å²) in [7, 11) is 0. The topological polar surface area (TPSA) is 58.8 Å². The minimum absolute atomic E-state index is 0.00104. The van der Waals surface area contributed by atoms with Gasteiger partial charge >= 0.3 is 0 Å². The van der Waals surface area contributed by atoms with Gasteiger partial charge in [-0.05, 0) is 18.8 Å². The molecule has 3 heterocycles. The van der Waals surface area contributed by atoms with E-state index in [1.807, 2.05) is 4.90 Å². The van der Waals surface area contributed by atoms with Gasteiger partial charge in [0.25, 0.3) is 5.91 Å².